The normalized spacial score (nSPS) is 18.4. The van der Waals surface area contributed by atoms with Crippen molar-refractivity contribution in [3.8, 4) is 0 Å². The molecule has 6 heteroatoms. The SMILES string of the molecule is Cl.N[C@H](c1ccc([N+](=O)[O-])o1)C1CCCCC1. The maximum Gasteiger partial charge on any atom is 0.433 e. The molecule has 1 aliphatic rings. The number of nitrogens with zero attached hydrogens (tertiary/aromatic N) is 1. The van der Waals surface area contributed by atoms with Crippen LogP contribution < -0.4 is 5.73 Å². The first-order valence-electron chi connectivity index (χ1n) is 5.68. The van der Waals surface area contributed by atoms with Crippen LogP contribution in [0.1, 0.15) is 43.9 Å². The number of halogens is 1. The fourth-order valence-electron chi connectivity index (χ4n) is 2.35. The van der Waals surface area contributed by atoms with Gasteiger partial charge in [-0.05, 0) is 24.8 Å². The molecule has 5 nitrogen and oxygen atoms in total. The fourth-order valence-corrected chi connectivity index (χ4v) is 2.35. The lowest BCUT2D eigenvalue weighted by Gasteiger charge is -2.25. The van der Waals surface area contributed by atoms with Gasteiger partial charge in [0.1, 0.15) is 10.7 Å². The first-order valence-corrected chi connectivity index (χ1v) is 5.68. The van der Waals surface area contributed by atoms with Gasteiger partial charge in [-0.3, -0.25) is 10.1 Å². The van der Waals surface area contributed by atoms with Crippen molar-refractivity contribution in [2.45, 2.75) is 38.1 Å². The summed E-state index contributed by atoms with van der Waals surface area (Å²) in [4.78, 5) is 9.95. The predicted molar refractivity (Wildman–Crippen MR) is 66.1 cm³/mol. The maximum atomic E-state index is 10.5. The first-order chi connectivity index (χ1) is 7.68. The number of hydrogen-bond donors (Lipinski definition) is 1. The lowest BCUT2D eigenvalue weighted by Crippen LogP contribution is -2.23. The fraction of sp³-hybridized carbons (Fsp3) is 0.636. The van der Waals surface area contributed by atoms with Crippen LogP contribution in [-0.2, 0) is 0 Å². The van der Waals surface area contributed by atoms with E-state index in [1.54, 1.807) is 6.07 Å². The second-order valence-electron chi connectivity index (χ2n) is 4.36. The Balaban J connectivity index is 0.00000144. The molecular formula is C11H17ClN2O3. The zero-order chi connectivity index (χ0) is 11.5. The lowest BCUT2D eigenvalue weighted by atomic mass is 9.83. The Kier molecular flexibility index (Phi) is 4.96. The monoisotopic (exact) mass is 260 g/mol. The van der Waals surface area contributed by atoms with Crippen molar-refractivity contribution in [1.29, 1.82) is 0 Å². The molecule has 96 valence electrons. The molecule has 1 fully saturated rings. The Morgan fingerprint density at radius 1 is 1.35 bits per heavy atom. The highest BCUT2D eigenvalue weighted by atomic mass is 35.5. The van der Waals surface area contributed by atoms with Crippen molar-refractivity contribution < 1.29 is 9.34 Å². The molecule has 0 spiro atoms. The molecule has 2 N–H and O–H groups in total. The van der Waals surface area contributed by atoms with E-state index in [0.717, 1.165) is 12.8 Å². The average Bonchev–Trinajstić information content (AvgIpc) is 2.78. The highest BCUT2D eigenvalue weighted by Gasteiger charge is 2.25. The third-order valence-corrected chi connectivity index (χ3v) is 3.28. The highest BCUT2D eigenvalue weighted by molar-refractivity contribution is 5.85. The quantitative estimate of drug-likeness (QED) is 0.668. The van der Waals surface area contributed by atoms with Crippen molar-refractivity contribution in [3.63, 3.8) is 0 Å². The van der Waals surface area contributed by atoms with Crippen molar-refractivity contribution >= 4 is 18.3 Å². The van der Waals surface area contributed by atoms with E-state index in [4.69, 9.17) is 10.2 Å². The van der Waals surface area contributed by atoms with Crippen LogP contribution in [0.2, 0.25) is 0 Å². The molecule has 0 unspecified atom stereocenters. The zero-order valence-electron chi connectivity index (χ0n) is 9.50. The Labute approximate surface area is 106 Å². The van der Waals surface area contributed by atoms with Gasteiger partial charge in [0.2, 0.25) is 0 Å². The largest absolute Gasteiger partial charge is 0.433 e. The summed E-state index contributed by atoms with van der Waals surface area (Å²) in [5.74, 6) is 0.722. The number of furan rings is 1. The average molecular weight is 261 g/mol. The molecular weight excluding hydrogens is 244 g/mol. The van der Waals surface area contributed by atoms with Gasteiger partial charge in [0, 0.05) is 0 Å². The Hall–Kier alpha value is -1.07. The summed E-state index contributed by atoms with van der Waals surface area (Å²) in [6.45, 7) is 0. The number of hydrogen-bond acceptors (Lipinski definition) is 4. The minimum atomic E-state index is -0.531. The molecule has 0 amide bonds. The molecule has 0 bridgehead atoms. The summed E-state index contributed by atoms with van der Waals surface area (Å²) >= 11 is 0. The van der Waals surface area contributed by atoms with Gasteiger partial charge in [-0.2, -0.15) is 0 Å². The minimum absolute atomic E-state index is 0. The smallest absolute Gasteiger partial charge is 0.404 e. The van der Waals surface area contributed by atoms with E-state index >= 15 is 0 Å². The van der Waals surface area contributed by atoms with Crippen LogP contribution >= 0.6 is 12.4 Å². The second kappa shape index (κ2) is 6.02. The van der Waals surface area contributed by atoms with Crippen LogP contribution in [0, 0.1) is 16.0 Å². The van der Waals surface area contributed by atoms with Gasteiger partial charge < -0.3 is 10.2 Å². The standard InChI is InChI=1S/C11H16N2O3.ClH/c12-11(8-4-2-1-3-5-8)9-6-7-10(16-9)13(14)15;/h6-8,11H,1-5,12H2;1H/t11-;/m0./s1. The third-order valence-electron chi connectivity index (χ3n) is 3.28. The summed E-state index contributed by atoms with van der Waals surface area (Å²) in [7, 11) is 0. The molecule has 0 aliphatic heterocycles. The maximum absolute atomic E-state index is 10.5. The highest BCUT2D eigenvalue weighted by Crippen LogP contribution is 2.34. The zero-order valence-corrected chi connectivity index (χ0v) is 10.3. The molecule has 2 rings (SSSR count). The van der Waals surface area contributed by atoms with Crippen LogP contribution in [0.25, 0.3) is 0 Å². The molecule has 1 heterocycles. The van der Waals surface area contributed by atoms with Crippen LogP contribution in [0.15, 0.2) is 16.5 Å². The van der Waals surface area contributed by atoms with Crippen LogP contribution in [0.5, 0.6) is 0 Å². The minimum Gasteiger partial charge on any atom is -0.404 e. The predicted octanol–water partition coefficient (Wildman–Crippen LogP) is 3.19. The second-order valence-corrected chi connectivity index (χ2v) is 4.36. The van der Waals surface area contributed by atoms with Gasteiger partial charge in [-0.1, -0.05) is 19.3 Å². The Morgan fingerprint density at radius 2 is 2.00 bits per heavy atom. The van der Waals surface area contributed by atoms with Gasteiger partial charge >= 0.3 is 5.88 Å². The van der Waals surface area contributed by atoms with Crippen LogP contribution in [0.3, 0.4) is 0 Å². The van der Waals surface area contributed by atoms with E-state index in [-0.39, 0.29) is 24.3 Å². The molecule has 1 aromatic heterocycles. The summed E-state index contributed by atoms with van der Waals surface area (Å²) in [6, 6.07) is 2.80. The van der Waals surface area contributed by atoms with E-state index < -0.39 is 4.92 Å². The summed E-state index contributed by atoms with van der Waals surface area (Å²) in [5.41, 5.74) is 6.07. The van der Waals surface area contributed by atoms with E-state index in [1.807, 2.05) is 0 Å². The molecule has 1 aliphatic carbocycles. The molecule has 17 heavy (non-hydrogen) atoms. The van der Waals surface area contributed by atoms with Gasteiger partial charge in [-0.25, -0.2) is 0 Å². The first kappa shape index (κ1) is 14.0. The third kappa shape index (κ3) is 3.20. The van der Waals surface area contributed by atoms with Crippen molar-refractivity contribution in [3.05, 3.63) is 28.0 Å². The van der Waals surface area contributed by atoms with Gasteiger partial charge in [0.25, 0.3) is 0 Å². The summed E-state index contributed by atoms with van der Waals surface area (Å²) < 4.78 is 5.14. The van der Waals surface area contributed by atoms with E-state index in [9.17, 15) is 10.1 Å². The van der Waals surface area contributed by atoms with E-state index in [2.05, 4.69) is 0 Å². The van der Waals surface area contributed by atoms with Gasteiger partial charge in [-0.15, -0.1) is 12.4 Å². The van der Waals surface area contributed by atoms with Crippen molar-refractivity contribution in [2.24, 2.45) is 11.7 Å². The van der Waals surface area contributed by atoms with Crippen molar-refractivity contribution in [2.75, 3.05) is 0 Å². The van der Waals surface area contributed by atoms with Gasteiger partial charge in [0.05, 0.1) is 12.1 Å². The molecule has 0 radical (unpaired) electrons. The van der Waals surface area contributed by atoms with Crippen molar-refractivity contribution in [1.82, 2.24) is 0 Å². The molecule has 1 atom stereocenters. The van der Waals surface area contributed by atoms with Crippen LogP contribution in [0.4, 0.5) is 5.88 Å². The van der Waals surface area contributed by atoms with E-state index in [1.165, 1.54) is 25.3 Å². The Morgan fingerprint density at radius 3 is 2.53 bits per heavy atom. The topological polar surface area (TPSA) is 82.3 Å². The molecule has 0 saturated heterocycles. The summed E-state index contributed by atoms with van der Waals surface area (Å²) in [5, 5.41) is 10.5. The van der Waals surface area contributed by atoms with E-state index in [0.29, 0.717) is 11.7 Å². The molecule has 0 aromatic carbocycles. The Bertz CT molecular complexity index is 375. The summed E-state index contributed by atoms with van der Waals surface area (Å²) in [6.07, 6.45) is 5.84. The van der Waals surface area contributed by atoms with Gasteiger partial charge in [0.15, 0.2) is 0 Å². The number of rotatable bonds is 3. The number of nitrogens with two attached hydrogens (primary N) is 1. The number of nitro groups is 1. The van der Waals surface area contributed by atoms with Crippen LogP contribution in [-0.4, -0.2) is 4.92 Å². The molecule has 1 saturated carbocycles. The molecule has 1 aromatic rings. The lowest BCUT2D eigenvalue weighted by molar-refractivity contribution is -0.402.